The average molecular weight is 197 g/mol. The number of hydrogen-bond donors (Lipinski definition) is 2. The lowest BCUT2D eigenvalue weighted by molar-refractivity contribution is 0.233. The van der Waals surface area contributed by atoms with Gasteiger partial charge in [-0.15, -0.1) is 0 Å². The first-order valence-electron chi connectivity index (χ1n) is 4.78. The summed E-state index contributed by atoms with van der Waals surface area (Å²) in [7, 11) is 0. The molecule has 1 aromatic carbocycles. The Morgan fingerprint density at radius 2 is 2.00 bits per heavy atom. The fourth-order valence-corrected chi connectivity index (χ4v) is 1.13. The highest BCUT2D eigenvalue weighted by Gasteiger charge is 1.98. The molecule has 0 amide bonds. The van der Waals surface area contributed by atoms with E-state index in [0.717, 1.165) is 12.1 Å². The molecule has 0 bridgehead atoms. The van der Waals surface area contributed by atoms with E-state index in [1.807, 2.05) is 6.92 Å². The summed E-state index contributed by atoms with van der Waals surface area (Å²) in [4.78, 5) is 0. The van der Waals surface area contributed by atoms with Crippen molar-refractivity contribution in [3.8, 4) is 0 Å². The topological polar surface area (TPSA) is 32.3 Å². The van der Waals surface area contributed by atoms with Gasteiger partial charge in [-0.25, -0.2) is 4.39 Å². The molecule has 0 saturated carbocycles. The molecule has 0 spiro atoms. The lowest BCUT2D eigenvalue weighted by Crippen LogP contribution is -2.22. The van der Waals surface area contributed by atoms with Crippen LogP contribution in [0, 0.1) is 11.7 Å². The van der Waals surface area contributed by atoms with Gasteiger partial charge in [0.25, 0.3) is 0 Å². The standard InChI is InChI=1S/C11H16FNO/c1-9(8-14)6-13-7-10-2-4-11(12)5-3-10/h2-5,9,13-14H,6-8H2,1H3. The molecule has 0 fully saturated rings. The van der Waals surface area contributed by atoms with Crippen LogP contribution in [0.3, 0.4) is 0 Å². The molecular weight excluding hydrogens is 181 g/mol. The van der Waals surface area contributed by atoms with Crippen LogP contribution in [0.2, 0.25) is 0 Å². The average Bonchev–Trinajstić information content (AvgIpc) is 2.21. The molecule has 0 aliphatic rings. The quantitative estimate of drug-likeness (QED) is 0.750. The van der Waals surface area contributed by atoms with Gasteiger partial charge in [-0.05, 0) is 23.6 Å². The highest BCUT2D eigenvalue weighted by atomic mass is 19.1. The molecule has 0 aliphatic carbocycles. The zero-order valence-electron chi connectivity index (χ0n) is 8.33. The van der Waals surface area contributed by atoms with Crippen LogP contribution in [0.1, 0.15) is 12.5 Å². The summed E-state index contributed by atoms with van der Waals surface area (Å²) in [5.74, 6) is 0.0490. The lowest BCUT2D eigenvalue weighted by atomic mass is 10.2. The summed E-state index contributed by atoms with van der Waals surface area (Å²) in [6, 6.07) is 6.41. The predicted molar refractivity (Wildman–Crippen MR) is 54.4 cm³/mol. The fourth-order valence-electron chi connectivity index (χ4n) is 1.13. The lowest BCUT2D eigenvalue weighted by Gasteiger charge is -2.09. The van der Waals surface area contributed by atoms with Gasteiger partial charge in [0, 0.05) is 19.7 Å². The normalized spacial score (nSPS) is 12.8. The van der Waals surface area contributed by atoms with Gasteiger partial charge < -0.3 is 10.4 Å². The van der Waals surface area contributed by atoms with Crippen LogP contribution >= 0.6 is 0 Å². The van der Waals surface area contributed by atoms with Crippen molar-refractivity contribution in [2.24, 2.45) is 5.92 Å². The highest BCUT2D eigenvalue weighted by Crippen LogP contribution is 2.02. The van der Waals surface area contributed by atoms with Gasteiger partial charge in [0.1, 0.15) is 5.82 Å². The maximum Gasteiger partial charge on any atom is 0.123 e. The number of aliphatic hydroxyl groups is 1. The second-order valence-corrected chi connectivity index (χ2v) is 3.55. The minimum atomic E-state index is -0.211. The summed E-state index contributed by atoms with van der Waals surface area (Å²) in [5.41, 5.74) is 1.05. The molecule has 0 heterocycles. The minimum Gasteiger partial charge on any atom is -0.396 e. The van der Waals surface area contributed by atoms with Gasteiger partial charge in [0.05, 0.1) is 0 Å². The summed E-state index contributed by atoms with van der Waals surface area (Å²) < 4.78 is 12.5. The van der Waals surface area contributed by atoms with Crippen LogP contribution < -0.4 is 5.32 Å². The zero-order valence-corrected chi connectivity index (χ0v) is 8.33. The summed E-state index contributed by atoms with van der Waals surface area (Å²) in [5, 5.41) is 12.0. The van der Waals surface area contributed by atoms with Crippen molar-refractivity contribution < 1.29 is 9.50 Å². The molecule has 1 atom stereocenters. The van der Waals surface area contributed by atoms with Gasteiger partial charge in [-0.3, -0.25) is 0 Å². The molecular formula is C11H16FNO. The first-order valence-corrected chi connectivity index (χ1v) is 4.78. The Labute approximate surface area is 83.8 Å². The Balaban J connectivity index is 2.28. The second-order valence-electron chi connectivity index (χ2n) is 3.55. The third-order valence-corrected chi connectivity index (χ3v) is 2.05. The van der Waals surface area contributed by atoms with Gasteiger partial charge in [0.2, 0.25) is 0 Å². The van der Waals surface area contributed by atoms with Gasteiger partial charge in [-0.1, -0.05) is 19.1 Å². The summed E-state index contributed by atoms with van der Waals surface area (Å²) in [6.45, 7) is 3.65. The third-order valence-electron chi connectivity index (χ3n) is 2.05. The van der Waals surface area contributed by atoms with Crippen LogP contribution in [0.4, 0.5) is 4.39 Å². The Morgan fingerprint density at radius 1 is 1.36 bits per heavy atom. The number of hydrogen-bond acceptors (Lipinski definition) is 2. The molecule has 1 rings (SSSR count). The summed E-state index contributed by atoms with van der Waals surface area (Å²) >= 11 is 0. The maximum atomic E-state index is 12.5. The van der Waals surface area contributed by atoms with Crippen molar-refractivity contribution in [3.63, 3.8) is 0 Å². The Morgan fingerprint density at radius 3 is 2.57 bits per heavy atom. The summed E-state index contributed by atoms with van der Waals surface area (Å²) in [6.07, 6.45) is 0. The highest BCUT2D eigenvalue weighted by molar-refractivity contribution is 5.15. The first-order chi connectivity index (χ1) is 6.72. The van der Waals surface area contributed by atoms with E-state index < -0.39 is 0 Å². The largest absolute Gasteiger partial charge is 0.396 e. The maximum absolute atomic E-state index is 12.5. The fraction of sp³-hybridized carbons (Fsp3) is 0.455. The van der Waals surface area contributed by atoms with E-state index in [4.69, 9.17) is 5.11 Å². The molecule has 2 nitrogen and oxygen atoms in total. The molecule has 14 heavy (non-hydrogen) atoms. The van der Waals surface area contributed by atoms with E-state index in [1.54, 1.807) is 12.1 Å². The molecule has 0 aromatic heterocycles. The van der Waals surface area contributed by atoms with Gasteiger partial charge >= 0.3 is 0 Å². The van der Waals surface area contributed by atoms with E-state index in [2.05, 4.69) is 5.32 Å². The predicted octanol–water partition coefficient (Wildman–Crippen LogP) is 1.54. The van der Waals surface area contributed by atoms with Crippen molar-refractivity contribution >= 4 is 0 Å². The molecule has 3 heteroatoms. The van der Waals surface area contributed by atoms with Crippen LogP contribution in [-0.4, -0.2) is 18.3 Å². The molecule has 2 N–H and O–H groups in total. The Hall–Kier alpha value is -0.930. The zero-order chi connectivity index (χ0) is 10.4. The van der Waals surface area contributed by atoms with Gasteiger partial charge in [0.15, 0.2) is 0 Å². The first kappa shape index (κ1) is 11.1. The second kappa shape index (κ2) is 5.73. The van der Waals surface area contributed by atoms with Crippen LogP contribution in [0.25, 0.3) is 0 Å². The van der Waals surface area contributed by atoms with Crippen LogP contribution in [0.15, 0.2) is 24.3 Å². The number of benzene rings is 1. The Kier molecular flexibility index (Phi) is 4.56. The van der Waals surface area contributed by atoms with Gasteiger partial charge in [-0.2, -0.15) is 0 Å². The molecule has 78 valence electrons. The molecule has 0 saturated heterocycles. The smallest absolute Gasteiger partial charge is 0.123 e. The van der Waals surface area contributed by atoms with E-state index in [1.165, 1.54) is 12.1 Å². The van der Waals surface area contributed by atoms with E-state index in [-0.39, 0.29) is 18.3 Å². The van der Waals surface area contributed by atoms with Crippen LogP contribution in [-0.2, 0) is 6.54 Å². The van der Waals surface area contributed by atoms with Crippen molar-refractivity contribution in [1.29, 1.82) is 0 Å². The van der Waals surface area contributed by atoms with E-state index in [0.29, 0.717) is 6.54 Å². The molecule has 1 aromatic rings. The number of rotatable bonds is 5. The third kappa shape index (κ3) is 3.85. The van der Waals surface area contributed by atoms with E-state index >= 15 is 0 Å². The van der Waals surface area contributed by atoms with Crippen LogP contribution in [0.5, 0.6) is 0 Å². The number of nitrogens with one attached hydrogen (secondary N) is 1. The SMILES string of the molecule is CC(CO)CNCc1ccc(F)cc1. The monoisotopic (exact) mass is 197 g/mol. The van der Waals surface area contributed by atoms with Crippen molar-refractivity contribution in [1.82, 2.24) is 5.32 Å². The Bertz CT molecular complexity index is 260. The minimum absolute atomic E-state index is 0.191. The molecule has 0 aliphatic heterocycles. The van der Waals surface area contributed by atoms with E-state index in [9.17, 15) is 4.39 Å². The molecule has 0 radical (unpaired) electrons. The van der Waals surface area contributed by atoms with Crippen molar-refractivity contribution in [2.45, 2.75) is 13.5 Å². The van der Waals surface area contributed by atoms with Crippen molar-refractivity contribution in [3.05, 3.63) is 35.6 Å². The van der Waals surface area contributed by atoms with Crippen molar-refractivity contribution in [2.75, 3.05) is 13.2 Å². The number of halogens is 1. The molecule has 1 unspecified atom stereocenters. The number of aliphatic hydroxyl groups excluding tert-OH is 1.